The molecule has 1 aromatic carbocycles. The zero-order chi connectivity index (χ0) is 13.8. The molecule has 0 aliphatic carbocycles. The molecule has 20 heavy (non-hydrogen) atoms. The SMILES string of the molecule is CCO[C@@H]1C[C@H](c2ccccc2)OC2(CCNCC2)C1. The van der Waals surface area contributed by atoms with Gasteiger partial charge in [-0.15, -0.1) is 0 Å². The van der Waals surface area contributed by atoms with Crippen molar-refractivity contribution in [2.45, 2.75) is 50.4 Å². The van der Waals surface area contributed by atoms with E-state index in [9.17, 15) is 0 Å². The van der Waals surface area contributed by atoms with Crippen LogP contribution in [0.3, 0.4) is 0 Å². The molecule has 1 spiro atoms. The van der Waals surface area contributed by atoms with Gasteiger partial charge in [-0.25, -0.2) is 0 Å². The van der Waals surface area contributed by atoms with Crippen molar-refractivity contribution in [3.8, 4) is 0 Å². The zero-order valence-electron chi connectivity index (χ0n) is 12.3. The topological polar surface area (TPSA) is 30.5 Å². The minimum atomic E-state index is 0.0177. The van der Waals surface area contributed by atoms with E-state index in [0.717, 1.165) is 45.4 Å². The lowest BCUT2D eigenvalue weighted by Gasteiger charge is -2.47. The van der Waals surface area contributed by atoms with Gasteiger partial charge < -0.3 is 14.8 Å². The number of hydrogen-bond donors (Lipinski definition) is 1. The highest BCUT2D eigenvalue weighted by Crippen LogP contribution is 2.42. The lowest BCUT2D eigenvalue weighted by molar-refractivity contribution is -0.185. The van der Waals surface area contributed by atoms with Gasteiger partial charge in [-0.1, -0.05) is 30.3 Å². The summed E-state index contributed by atoms with van der Waals surface area (Å²) in [5.41, 5.74) is 1.30. The van der Waals surface area contributed by atoms with Crippen molar-refractivity contribution >= 4 is 0 Å². The van der Waals surface area contributed by atoms with E-state index in [1.807, 2.05) is 0 Å². The molecule has 110 valence electrons. The second-order valence-corrected chi connectivity index (χ2v) is 5.97. The van der Waals surface area contributed by atoms with Crippen LogP contribution < -0.4 is 5.32 Å². The molecule has 2 heterocycles. The van der Waals surface area contributed by atoms with Crippen molar-refractivity contribution < 1.29 is 9.47 Å². The van der Waals surface area contributed by atoms with Gasteiger partial charge in [0.1, 0.15) is 0 Å². The van der Waals surface area contributed by atoms with Crippen molar-refractivity contribution in [1.82, 2.24) is 5.32 Å². The van der Waals surface area contributed by atoms with E-state index in [1.54, 1.807) is 0 Å². The Kier molecular flexibility index (Phi) is 4.39. The maximum atomic E-state index is 6.56. The quantitative estimate of drug-likeness (QED) is 0.919. The van der Waals surface area contributed by atoms with Crippen molar-refractivity contribution in [2.24, 2.45) is 0 Å². The third-order valence-electron chi connectivity index (χ3n) is 4.56. The molecule has 2 atom stereocenters. The number of nitrogens with one attached hydrogen (secondary N) is 1. The van der Waals surface area contributed by atoms with E-state index in [0.29, 0.717) is 6.10 Å². The summed E-state index contributed by atoms with van der Waals surface area (Å²) in [5.74, 6) is 0. The highest BCUT2D eigenvalue weighted by atomic mass is 16.5. The van der Waals surface area contributed by atoms with E-state index in [4.69, 9.17) is 9.47 Å². The van der Waals surface area contributed by atoms with E-state index in [-0.39, 0.29) is 11.7 Å². The van der Waals surface area contributed by atoms with Crippen LogP contribution in [-0.2, 0) is 9.47 Å². The van der Waals surface area contributed by atoms with Gasteiger partial charge in [0.25, 0.3) is 0 Å². The van der Waals surface area contributed by atoms with Crippen LogP contribution in [0.4, 0.5) is 0 Å². The van der Waals surface area contributed by atoms with Crippen molar-refractivity contribution in [3.05, 3.63) is 35.9 Å². The first-order valence-electron chi connectivity index (χ1n) is 7.86. The number of hydrogen-bond acceptors (Lipinski definition) is 3. The van der Waals surface area contributed by atoms with Crippen LogP contribution in [0.5, 0.6) is 0 Å². The zero-order valence-corrected chi connectivity index (χ0v) is 12.3. The van der Waals surface area contributed by atoms with Gasteiger partial charge >= 0.3 is 0 Å². The molecule has 1 N–H and O–H groups in total. The van der Waals surface area contributed by atoms with Crippen molar-refractivity contribution in [1.29, 1.82) is 0 Å². The first-order chi connectivity index (χ1) is 9.81. The lowest BCUT2D eigenvalue weighted by atomic mass is 9.81. The van der Waals surface area contributed by atoms with Crippen LogP contribution in [0.25, 0.3) is 0 Å². The monoisotopic (exact) mass is 275 g/mol. The maximum Gasteiger partial charge on any atom is 0.0857 e. The van der Waals surface area contributed by atoms with Gasteiger partial charge in [-0.2, -0.15) is 0 Å². The largest absolute Gasteiger partial charge is 0.378 e. The molecule has 0 radical (unpaired) electrons. The fraction of sp³-hybridized carbons (Fsp3) is 0.647. The van der Waals surface area contributed by atoms with Crippen LogP contribution >= 0.6 is 0 Å². The summed E-state index contributed by atoms with van der Waals surface area (Å²) in [4.78, 5) is 0. The van der Waals surface area contributed by atoms with Gasteiger partial charge in [0, 0.05) is 19.4 Å². The number of ether oxygens (including phenoxy) is 2. The molecule has 0 aromatic heterocycles. The van der Waals surface area contributed by atoms with Gasteiger partial charge in [-0.05, 0) is 38.4 Å². The number of rotatable bonds is 3. The molecule has 0 saturated carbocycles. The third kappa shape index (κ3) is 3.05. The van der Waals surface area contributed by atoms with Crippen LogP contribution in [0.2, 0.25) is 0 Å². The van der Waals surface area contributed by atoms with Crippen LogP contribution in [0.1, 0.15) is 44.3 Å². The minimum Gasteiger partial charge on any atom is -0.378 e. The smallest absolute Gasteiger partial charge is 0.0857 e. The number of benzene rings is 1. The van der Waals surface area contributed by atoms with Crippen molar-refractivity contribution in [3.63, 3.8) is 0 Å². The predicted octanol–water partition coefficient (Wildman–Crippen LogP) is 3.07. The Morgan fingerprint density at radius 3 is 2.70 bits per heavy atom. The van der Waals surface area contributed by atoms with Gasteiger partial charge in [0.15, 0.2) is 0 Å². The fourth-order valence-electron chi connectivity index (χ4n) is 3.57. The van der Waals surface area contributed by atoms with Gasteiger partial charge in [0.05, 0.1) is 17.8 Å². The lowest BCUT2D eigenvalue weighted by Crippen LogP contribution is -2.50. The second-order valence-electron chi connectivity index (χ2n) is 5.97. The minimum absolute atomic E-state index is 0.0177. The first-order valence-corrected chi connectivity index (χ1v) is 7.86. The summed E-state index contributed by atoms with van der Waals surface area (Å²) in [6, 6.07) is 10.6. The highest BCUT2D eigenvalue weighted by Gasteiger charge is 2.43. The highest BCUT2D eigenvalue weighted by molar-refractivity contribution is 5.19. The van der Waals surface area contributed by atoms with Crippen molar-refractivity contribution in [2.75, 3.05) is 19.7 Å². The Hall–Kier alpha value is -0.900. The molecule has 3 rings (SSSR count). The van der Waals surface area contributed by atoms with E-state index < -0.39 is 0 Å². The predicted molar refractivity (Wildman–Crippen MR) is 79.8 cm³/mol. The summed E-state index contributed by atoms with van der Waals surface area (Å²) >= 11 is 0. The Morgan fingerprint density at radius 1 is 1.25 bits per heavy atom. The Labute approximate surface area is 121 Å². The average molecular weight is 275 g/mol. The van der Waals surface area contributed by atoms with Crippen LogP contribution in [0, 0.1) is 0 Å². The second kappa shape index (κ2) is 6.25. The molecule has 2 aliphatic rings. The molecule has 2 fully saturated rings. The summed E-state index contributed by atoms with van der Waals surface area (Å²) < 4.78 is 12.5. The molecule has 1 aromatic rings. The Bertz CT molecular complexity index is 414. The molecular weight excluding hydrogens is 250 g/mol. The van der Waals surface area contributed by atoms with Crippen LogP contribution in [-0.4, -0.2) is 31.4 Å². The molecule has 2 aliphatic heterocycles. The summed E-state index contributed by atoms with van der Waals surface area (Å²) in [6.45, 7) is 4.99. The van der Waals surface area contributed by atoms with Crippen LogP contribution in [0.15, 0.2) is 30.3 Å². The van der Waals surface area contributed by atoms with E-state index in [1.165, 1.54) is 5.56 Å². The molecule has 0 bridgehead atoms. The molecule has 3 heteroatoms. The summed E-state index contributed by atoms with van der Waals surface area (Å²) in [5, 5.41) is 3.44. The van der Waals surface area contributed by atoms with E-state index in [2.05, 4.69) is 42.6 Å². The maximum absolute atomic E-state index is 6.56. The molecule has 3 nitrogen and oxygen atoms in total. The molecule has 0 amide bonds. The van der Waals surface area contributed by atoms with Gasteiger partial charge in [-0.3, -0.25) is 0 Å². The Morgan fingerprint density at radius 2 is 2.00 bits per heavy atom. The molecular formula is C17H25NO2. The average Bonchev–Trinajstić information content (AvgIpc) is 2.49. The molecule has 2 saturated heterocycles. The summed E-state index contributed by atoms with van der Waals surface area (Å²) in [7, 11) is 0. The van der Waals surface area contributed by atoms with E-state index >= 15 is 0 Å². The molecule has 0 unspecified atom stereocenters. The standard InChI is InChI=1S/C17H25NO2/c1-2-19-15-12-16(14-6-4-3-5-7-14)20-17(13-15)8-10-18-11-9-17/h3-7,15-16,18H,2,8-13H2,1H3/t15-,16-/m1/s1. The normalized spacial score (nSPS) is 29.4. The van der Waals surface area contributed by atoms with Gasteiger partial charge in [0.2, 0.25) is 0 Å². The fourth-order valence-corrected chi connectivity index (χ4v) is 3.57. The number of piperidine rings is 1. The Balaban J connectivity index is 1.79. The third-order valence-corrected chi connectivity index (χ3v) is 4.56. The summed E-state index contributed by atoms with van der Waals surface area (Å²) in [6.07, 6.45) is 4.73. The first kappa shape index (κ1) is 14.1.